The van der Waals surface area contributed by atoms with Crippen LogP contribution in [0.1, 0.15) is 18.0 Å². The van der Waals surface area contributed by atoms with Gasteiger partial charge in [0.25, 0.3) is 0 Å². The van der Waals surface area contributed by atoms with Crippen molar-refractivity contribution in [2.75, 3.05) is 6.67 Å². The zero-order valence-electron chi connectivity index (χ0n) is 6.63. The van der Waals surface area contributed by atoms with E-state index in [4.69, 9.17) is 5.73 Å². The fraction of sp³-hybridized carbons (Fsp3) is 0.333. The number of nitrogens with two attached hydrogens (primary N) is 1. The number of halogens is 2. The zero-order valence-corrected chi connectivity index (χ0v) is 8.22. The minimum absolute atomic E-state index is 0.178. The van der Waals surface area contributed by atoms with Crippen LogP contribution in [0.5, 0.6) is 0 Å². The van der Waals surface area contributed by atoms with E-state index in [2.05, 4.69) is 15.9 Å². The smallest absolute Gasteiger partial charge is 0.0912 e. The summed E-state index contributed by atoms with van der Waals surface area (Å²) in [5.74, 6) is 0. The van der Waals surface area contributed by atoms with Gasteiger partial charge in [0.05, 0.1) is 6.67 Å². The van der Waals surface area contributed by atoms with Crippen LogP contribution >= 0.6 is 15.9 Å². The molecule has 1 atom stereocenters. The van der Waals surface area contributed by atoms with Crippen LogP contribution in [0.4, 0.5) is 4.39 Å². The highest BCUT2D eigenvalue weighted by atomic mass is 79.9. The van der Waals surface area contributed by atoms with Crippen LogP contribution in [-0.2, 0) is 0 Å². The Bertz CT molecular complexity index is 235. The number of hydrogen-bond acceptors (Lipinski definition) is 1. The number of hydrogen-bond donors (Lipinski definition) is 1. The molecule has 12 heavy (non-hydrogen) atoms. The molecule has 0 saturated heterocycles. The first kappa shape index (κ1) is 9.68. The van der Waals surface area contributed by atoms with Gasteiger partial charge in [-0.05, 0) is 24.1 Å². The van der Waals surface area contributed by atoms with Gasteiger partial charge in [0, 0.05) is 10.5 Å². The Labute approximate surface area is 79.9 Å². The van der Waals surface area contributed by atoms with E-state index in [1.807, 2.05) is 24.3 Å². The summed E-state index contributed by atoms with van der Waals surface area (Å²) in [6.45, 7) is -0.364. The lowest BCUT2D eigenvalue weighted by Gasteiger charge is -2.08. The molecule has 66 valence electrons. The third kappa shape index (κ3) is 2.57. The average molecular weight is 232 g/mol. The third-order valence-corrected chi connectivity index (χ3v) is 2.25. The number of benzene rings is 1. The molecule has 0 spiro atoms. The van der Waals surface area contributed by atoms with Crippen LogP contribution in [-0.4, -0.2) is 6.67 Å². The molecular formula is C9H11BrFN. The van der Waals surface area contributed by atoms with Crippen molar-refractivity contribution >= 4 is 15.9 Å². The molecule has 0 amide bonds. The van der Waals surface area contributed by atoms with E-state index in [-0.39, 0.29) is 12.7 Å². The van der Waals surface area contributed by atoms with Crippen molar-refractivity contribution < 1.29 is 4.39 Å². The van der Waals surface area contributed by atoms with E-state index in [0.717, 1.165) is 10.0 Å². The summed E-state index contributed by atoms with van der Waals surface area (Å²) in [6, 6.07) is 7.46. The lowest BCUT2D eigenvalue weighted by atomic mass is 10.1. The van der Waals surface area contributed by atoms with Gasteiger partial charge >= 0.3 is 0 Å². The second kappa shape index (κ2) is 4.58. The van der Waals surface area contributed by atoms with Gasteiger partial charge in [0.2, 0.25) is 0 Å². The summed E-state index contributed by atoms with van der Waals surface area (Å²) < 4.78 is 12.9. The molecule has 0 aliphatic rings. The molecule has 0 fully saturated rings. The second-order valence-corrected chi connectivity index (χ2v) is 3.55. The fourth-order valence-corrected chi connectivity index (χ4v) is 1.26. The monoisotopic (exact) mass is 231 g/mol. The summed E-state index contributed by atoms with van der Waals surface area (Å²) in [4.78, 5) is 0. The fourth-order valence-electron chi connectivity index (χ4n) is 0.994. The van der Waals surface area contributed by atoms with E-state index in [1.54, 1.807) is 0 Å². The van der Waals surface area contributed by atoms with Crippen molar-refractivity contribution in [1.82, 2.24) is 0 Å². The quantitative estimate of drug-likeness (QED) is 0.851. The van der Waals surface area contributed by atoms with E-state index < -0.39 is 0 Å². The molecular weight excluding hydrogens is 221 g/mol. The minimum atomic E-state index is -0.364. The molecule has 1 nitrogen and oxygen atoms in total. The second-order valence-electron chi connectivity index (χ2n) is 2.64. The molecule has 0 aromatic heterocycles. The van der Waals surface area contributed by atoms with Crippen molar-refractivity contribution in [1.29, 1.82) is 0 Å². The highest BCUT2D eigenvalue weighted by Gasteiger charge is 2.04. The first-order chi connectivity index (χ1) is 5.74. The number of alkyl halides is 1. The van der Waals surface area contributed by atoms with Gasteiger partial charge in [-0.15, -0.1) is 0 Å². The Balaban J connectivity index is 2.68. The van der Waals surface area contributed by atoms with Gasteiger partial charge < -0.3 is 5.73 Å². The van der Waals surface area contributed by atoms with Crippen LogP contribution in [0.3, 0.4) is 0 Å². The zero-order chi connectivity index (χ0) is 8.97. The summed E-state index contributed by atoms with van der Waals surface area (Å²) in [6.07, 6.45) is 0.391. The third-order valence-electron chi connectivity index (χ3n) is 1.72. The SMILES string of the molecule is N[C@@H](CCF)c1ccc(Br)cc1. The summed E-state index contributed by atoms with van der Waals surface area (Å²) >= 11 is 3.32. The predicted octanol–water partition coefficient (Wildman–Crippen LogP) is 2.81. The van der Waals surface area contributed by atoms with Crippen molar-refractivity contribution in [2.45, 2.75) is 12.5 Å². The first-order valence-corrected chi connectivity index (χ1v) is 4.60. The summed E-state index contributed by atoms with van der Waals surface area (Å²) in [5, 5.41) is 0. The van der Waals surface area contributed by atoms with Crippen molar-refractivity contribution in [3.05, 3.63) is 34.3 Å². The molecule has 0 aliphatic carbocycles. The van der Waals surface area contributed by atoms with E-state index in [0.29, 0.717) is 6.42 Å². The maximum Gasteiger partial charge on any atom is 0.0912 e. The van der Waals surface area contributed by atoms with Gasteiger partial charge in [-0.2, -0.15) is 0 Å². The van der Waals surface area contributed by atoms with Crippen LogP contribution in [0, 0.1) is 0 Å². The average Bonchev–Trinajstić information content (AvgIpc) is 2.06. The largest absolute Gasteiger partial charge is 0.324 e. The number of rotatable bonds is 3. The molecule has 0 heterocycles. The Morgan fingerprint density at radius 3 is 2.42 bits per heavy atom. The van der Waals surface area contributed by atoms with Crippen LogP contribution in [0.15, 0.2) is 28.7 Å². The van der Waals surface area contributed by atoms with Crippen LogP contribution < -0.4 is 5.73 Å². The van der Waals surface area contributed by atoms with E-state index >= 15 is 0 Å². The molecule has 0 unspecified atom stereocenters. The standard InChI is InChI=1S/C9H11BrFN/c10-8-3-1-7(2-4-8)9(12)5-6-11/h1-4,9H,5-6,12H2/t9-/m0/s1. The molecule has 1 aromatic carbocycles. The lowest BCUT2D eigenvalue weighted by Crippen LogP contribution is -2.10. The van der Waals surface area contributed by atoms with Crippen LogP contribution in [0.25, 0.3) is 0 Å². The van der Waals surface area contributed by atoms with Gasteiger partial charge in [-0.25, -0.2) is 0 Å². The Hall–Kier alpha value is -0.410. The maximum absolute atomic E-state index is 11.9. The molecule has 2 N–H and O–H groups in total. The molecule has 0 aliphatic heterocycles. The van der Waals surface area contributed by atoms with Crippen LogP contribution in [0.2, 0.25) is 0 Å². The minimum Gasteiger partial charge on any atom is -0.324 e. The predicted molar refractivity (Wildman–Crippen MR) is 51.7 cm³/mol. The Kier molecular flexibility index (Phi) is 3.69. The topological polar surface area (TPSA) is 26.0 Å². The van der Waals surface area contributed by atoms with Gasteiger partial charge in [0.15, 0.2) is 0 Å². The molecule has 0 saturated carbocycles. The normalized spacial score (nSPS) is 12.9. The Morgan fingerprint density at radius 2 is 1.92 bits per heavy atom. The van der Waals surface area contributed by atoms with Gasteiger partial charge in [-0.1, -0.05) is 28.1 Å². The lowest BCUT2D eigenvalue weighted by molar-refractivity contribution is 0.442. The van der Waals surface area contributed by atoms with E-state index in [9.17, 15) is 4.39 Å². The molecule has 0 bridgehead atoms. The highest BCUT2D eigenvalue weighted by Crippen LogP contribution is 2.17. The molecule has 0 radical (unpaired) electrons. The first-order valence-electron chi connectivity index (χ1n) is 3.81. The van der Waals surface area contributed by atoms with Gasteiger partial charge in [-0.3, -0.25) is 4.39 Å². The van der Waals surface area contributed by atoms with Crippen molar-refractivity contribution in [3.63, 3.8) is 0 Å². The van der Waals surface area contributed by atoms with Gasteiger partial charge in [0.1, 0.15) is 0 Å². The highest BCUT2D eigenvalue weighted by molar-refractivity contribution is 9.10. The molecule has 1 rings (SSSR count). The molecule has 3 heteroatoms. The Morgan fingerprint density at radius 1 is 1.33 bits per heavy atom. The van der Waals surface area contributed by atoms with Crippen molar-refractivity contribution in [2.24, 2.45) is 5.73 Å². The maximum atomic E-state index is 11.9. The van der Waals surface area contributed by atoms with E-state index in [1.165, 1.54) is 0 Å². The molecule has 1 aromatic rings. The van der Waals surface area contributed by atoms with Crippen molar-refractivity contribution in [3.8, 4) is 0 Å². The summed E-state index contributed by atoms with van der Waals surface area (Å²) in [7, 11) is 0. The summed E-state index contributed by atoms with van der Waals surface area (Å²) in [5.41, 5.74) is 6.68.